The van der Waals surface area contributed by atoms with Crippen LogP contribution in [-0.2, 0) is 0 Å². The third kappa shape index (κ3) is 1.58. The Kier molecular flexibility index (Phi) is 1.99. The van der Waals surface area contributed by atoms with Crippen molar-refractivity contribution < 1.29 is 4.79 Å². The zero-order chi connectivity index (χ0) is 11.1. The number of hydrogen-bond donors (Lipinski definition) is 3. The summed E-state index contributed by atoms with van der Waals surface area (Å²) in [7, 11) is 0. The van der Waals surface area contributed by atoms with E-state index in [4.69, 9.17) is 5.73 Å². The van der Waals surface area contributed by atoms with Crippen molar-refractivity contribution in [3.8, 4) is 0 Å². The molecule has 1 unspecified atom stereocenters. The molecule has 1 aromatic rings. The number of fused-ring (bicyclic) bond motifs is 1. The molecule has 1 atom stereocenters. The average Bonchev–Trinajstić information content (AvgIpc) is 2.16. The smallest absolute Gasteiger partial charge is 0.258 e. The number of nitrogens with one attached hydrogen (secondary N) is 2. The minimum absolute atomic E-state index is 0.161. The Morgan fingerprint density at radius 3 is 2.93 bits per heavy atom. The fourth-order valence-electron chi connectivity index (χ4n) is 1.44. The van der Waals surface area contributed by atoms with E-state index < -0.39 is 5.66 Å². The first-order valence-electron chi connectivity index (χ1n) is 4.77. The van der Waals surface area contributed by atoms with Crippen LogP contribution in [0.2, 0.25) is 0 Å². The van der Waals surface area contributed by atoms with Gasteiger partial charge in [-0.2, -0.15) is 4.98 Å². The molecule has 80 valence electrons. The zero-order valence-corrected chi connectivity index (χ0v) is 8.66. The van der Waals surface area contributed by atoms with Gasteiger partial charge in [0, 0.05) is 6.20 Å². The predicted octanol–water partition coefficient (Wildman–Crippen LogP) is 0.340. The zero-order valence-electron chi connectivity index (χ0n) is 8.66. The molecule has 1 aromatic heterocycles. The summed E-state index contributed by atoms with van der Waals surface area (Å²) in [5.74, 6) is 0.484. The number of nitrogens with zero attached hydrogens (tertiary/aromatic N) is 2. The molecule has 4 N–H and O–H groups in total. The summed E-state index contributed by atoms with van der Waals surface area (Å²) in [4.78, 5) is 19.5. The number of rotatable bonds is 1. The molecule has 1 aliphatic rings. The molecule has 15 heavy (non-hydrogen) atoms. The molecular formula is C9H13N5O. The monoisotopic (exact) mass is 207 g/mol. The Hall–Kier alpha value is -1.85. The van der Waals surface area contributed by atoms with Crippen molar-refractivity contribution in [2.75, 3.05) is 11.1 Å². The maximum absolute atomic E-state index is 11.7. The van der Waals surface area contributed by atoms with Crippen molar-refractivity contribution in [3.63, 3.8) is 0 Å². The van der Waals surface area contributed by atoms with Gasteiger partial charge >= 0.3 is 0 Å². The summed E-state index contributed by atoms with van der Waals surface area (Å²) in [6.07, 6.45) is 2.18. The maximum atomic E-state index is 11.7. The first-order chi connectivity index (χ1) is 7.04. The van der Waals surface area contributed by atoms with Crippen LogP contribution in [0, 0.1) is 0 Å². The summed E-state index contributed by atoms with van der Waals surface area (Å²) < 4.78 is 0. The molecule has 0 saturated carbocycles. The van der Waals surface area contributed by atoms with Crippen molar-refractivity contribution in [3.05, 3.63) is 11.8 Å². The Morgan fingerprint density at radius 1 is 1.53 bits per heavy atom. The Balaban J connectivity index is 2.46. The summed E-state index contributed by atoms with van der Waals surface area (Å²) in [5, 5.41) is 5.98. The second-order valence-corrected chi connectivity index (χ2v) is 3.76. The van der Waals surface area contributed by atoms with Gasteiger partial charge in [0.1, 0.15) is 17.0 Å². The van der Waals surface area contributed by atoms with Crippen molar-refractivity contribution in [1.82, 2.24) is 15.3 Å². The summed E-state index contributed by atoms with van der Waals surface area (Å²) in [6.45, 7) is 3.87. The Labute approximate surface area is 87.3 Å². The van der Waals surface area contributed by atoms with Gasteiger partial charge in [0.25, 0.3) is 5.91 Å². The van der Waals surface area contributed by atoms with E-state index >= 15 is 0 Å². The van der Waals surface area contributed by atoms with E-state index in [0.29, 0.717) is 11.4 Å². The molecule has 0 spiro atoms. The normalized spacial score (nSPS) is 24.0. The molecule has 2 rings (SSSR count). The first kappa shape index (κ1) is 9.70. The van der Waals surface area contributed by atoms with E-state index in [2.05, 4.69) is 20.6 Å². The van der Waals surface area contributed by atoms with E-state index in [-0.39, 0.29) is 11.9 Å². The molecule has 6 heteroatoms. The van der Waals surface area contributed by atoms with Crippen LogP contribution in [0.5, 0.6) is 0 Å². The van der Waals surface area contributed by atoms with Crippen LogP contribution in [0.4, 0.5) is 11.8 Å². The largest absolute Gasteiger partial charge is 0.368 e. The van der Waals surface area contributed by atoms with Crippen LogP contribution in [0.1, 0.15) is 30.6 Å². The van der Waals surface area contributed by atoms with Crippen LogP contribution in [0.3, 0.4) is 0 Å². The predicted molar refractivity (Wildman–Crippen MR) is 56.2 cm³/mol. The molecule has 6 nitrogen and oxygen atoms in total. The standard InChI is InChI=1S/C9H13N5O/c1-3-9(2)13-6-5(7(15)14-9)4-11-8(10)12-6/h4H,3H2,1-2H3,(H,14,15)(H3,10,11,12,13). The number of carbonyl (C=O) groups is 1. The van der Waals surface area contributed by atoms with E-state index in [9.17, 15) is 4.79 Å². The number of nitrogen functional groups attached to an aromatic ring is 1. The highest BCUT2D eigenvalue weighted by molar-refractivity contribution is 6.01. The highest BCUT2D eigenvalue weighted by atomic mass is 16.2. The SMILES string of the molecule is CCC1(C)NC(=O)c2cnc(N)nc2N1. The third-order valence-electron chi connectivity index (χ3n) is 2.54. The van der Waals surface area contributed by atoms with Gasteiger partial charge in [-0.25, -0.2) is 4.98 Å². The van der Waals surface area contributed by atoms with Crippen LogP contribution in [0.15, 0.2) is 6.20 Å². The van der Waals surface area contributed by atoms with Crippen molar-refractivity contribution in [2.24, 2.45) is 0 Å². The van der Waals surface area contributed by atoms with Gasteiger partial charge in [-0.15, -0.1) is 0 Å². The summed E-state index contributed by atoms with van der Waals surface area (Å²) in [5.41, 5.74) is 5.42. The fraction of sp³-hybridized carbons (Fsp3) is 0.444. The van der Waals surface area contributed by atoms with Gasteiger partial charge in [-0.05, 0) is 13.3 Å². The number of aromatic nitrogens is 2. The number of carbonyl (C=O) groups excluding carboxylic acids is 1. The van der Waals surface area contributed by atoms with Crippen LogP contribution < -0.4 is 16.4 Å². The van der Waals surface area contributed by atoms with Crippen molar-refractivity contribution in [1.29, 1.82) is 0 Å². The van der Waals surface area contributed by atoms with E-state index in [1.165, 1.54) is 6.20 Å². The number of nitrogens with two attached hydrogens (primary N) is 1. The quantitative estimate of drug-likeness (QED) is 0.617. The van der Waals surface area contributed by atoms with E-state index in [1.54, 1.807) is 0 Å². The second-order valence-electron chi connectivity index (χ2n) is 3.76. The van der Waals surface area contributed by atoms with Crippen molar-refractivity contribution in [2.45, 2.75) is 25.9 Å². The maximum Gasteiger partial charge on any atom is 0.258 e. The first-order valence-corrected chi connectivity index (χ1v) is 4.77. The minimum atomic E-state index is -0.467. The third-order valence-corrected chi connectivity index (χ3v) is 2.54. The lowest BCUT2D eigenvalue weighted by molar-refractivity contribution is 0.0904. The van der Waals surface area contributed by atoms with E-state index in [1.807, 2.05) is 13.8 Å². The molecule has 2 heterocycles. The molecule has 0 aliphatic carbocycles. The second kappa shape index (κ2) is 3.08. The van der Waals surface area contributed by atoms with Gasteiger partial charge < -0.3 is 16.4 Å². The van der Waals surface area contributed by atoms with Crippen LogP contribution >= 0.6 is 0 Å². The Bertz CT molecular complexity index is 419. The van der Waals surface area contributed by atoms with Crippen LogP contribution in [0.25, 0.3) is 0 Å². The molecule has 0 fully saturated rings. The molecule has 1 amide bonds. The van der Waals surface area contributed by atoms with Gasteiger partial charge in [0.15, 0.2) is 0 Å². The lowest BCUT2D eigenvalue weighted by Gasteiger charge is -2.35. The van der Waals surface area contributed by atoms with Crippen LogP contribution in [-0.4, -0.2) is 21.5 Å². The molecule has 0 saturated heterocycles. The lowest BCUT2D eigenvalue weighted by Crippen LogP contribution is -2.55. The highest BCUT2D eigenvalue weighted by Gasteiger charge is 2.32. The molecule has 0 aromatic carbocycles. The molecule has 0 bridgehead atoms. The van der Waals surface area contributed by atoms with E-state index in [0.717, 1.165) is 6.42 Å². The van der Waals surface area contributed by atoms with Crippen molar-refractivity contribution >= 4 is 17.7 Å². The van der Waals surface area contributed by atoms with Gasteiger partial charge in [0.05, 0.1) is 0 Å². The lowest BCUT2D eigenvalue weighted by atomic mass is 10.1. The highest BCUT2D eigenvalue weighted by Crippen LogP contribution is 2.23. The number of amides is 1. The molecule has 1 aliphatic heterocycles. The summed E-state index contributed by atoms with van der Waals surface area (Å²) >= 11 is 0. The van der Waals surface area contributed by atoms with Gasteiger partial charge in [-0.3, -0.25) is 4.79 Å². The number of hydrogen-bond acceptors (Lipinski definition) is 5. The molecular weight excluding hydrogens is 194 g/mol. The Morgan fingerprint density at radius 2 is 2.27 bits per heavy atom. The number of anilines is 2. The summed E-state index contributed by atoms with van der Waals surface area (Å²) in [6, 6.07) is 0. The van der Waals surface area contributed by atoms with Gasteiger partial charge in [0.2, 0.25) is 5.95 Å². The van der Waals surface area contributed by atoms with Gasteiger partial charge in [-0.1, -0.05) is 6.92 Å². The average molecular weight is 207 g/mol. The molecule has 0 radical (unpaired) electrons. The minimum Gasteiger partial charge on any atom is -0.368 e. The topological polar surface area (TPSA) is 92.9 Å². The fourth-order valence-corrected chi connectivity index (χ4v) is 1.44.